The molecule has 0 spiro atoms. The molecule has 3 aromatic rings. The molecule has 3 rings (SSSR count). The molecule has 0 radical (unpaired) electrons. The van der Waals surface area contributed by atoms with Crippen LogP contribution in [0, 0.1) is 13.8 Å². The Morgan fingerprint density at radius 2 is 2.00 bits per heavy atom. The minimum atomic E-state index is -0.440. The predicted molar refractivity (Wildman–Crippen MR) is 97.1 cm³/mol. The summed E-state index contributed by atoms with van der Waals surface area (Å²) in [7, 11) is 1.33. The van der Waals surface area contributed by atoms with Crippen LogP contribution >= 0.6 is 11.3 Å². The molecule has 25 heavy (non-hydrogen) atoms. The molecular weight excluding hydrogens is 338 g/mol. The first-order valence-electron chi connectivity index (χ1n) is 7.59. The van der Waals surface area contributed by atoms with Crippen molar-refractivity contribution >= 4 is 28.3 Å². The van der Waals surface area contributed by atoms with Crippen LogP contribution in [0.25, 0.3) is 11.3 Å². The van der Waals surface area contributed by atoms with Gasteiger partial charge >= 0.3 is 5.97 Å². The Balaban J connectivity index is 1.75. The van der Waals surface area contributed by atoms with Gasteiger partial charge in [0.15, 0.2) is 5.13 Å². The van der Waals surface area contributed by atoms with Gasteiger partial charge in [-0.3, -0.25) is 10.1 Å². The van der Waals surface area contributed by atoms with Gasteiger partial charge in [-0.15, -0.1) is 11.3 Å². The monoisotopic (exact) mass is 355 g/mol. The first kappa shape index (κ1) is 16.9. The topological polar surface area (TPSA) is 84.1 Å². The van der Waals surface area contributed by atoms with Crippen LogP contribution in [0.3, 0.4) is 0 Å². The lowest BCUT2D eigenvalue weighted by Crippen LogP contribution is -2.12. The number of hydrogen-bond acceptors (Lipinski definition) is 5. The van der Waals surface area contributed by atoms with E-state index in [-0.39, 0.29) is 5.91 Å². The van der Waals surface area contributed by atoms with Crippen molar-refractivity contribution in [3.05, 3.63) is 58.2 Å². The normalized spacial score (nSPS) is 10.5. The highest BCUT2D eigenvalue weighted by atomic mass is 32.1. The number of methoxy groups -OCH3 is 1. The second kappa shape index (κ2) is 6.90. The second-order valence-corrected chi connectivity index (χ2v) is 6.44. The lowest BCUT2D eigenvalue weighted by molar-refractivity contribution is 0.0594. The fourth-order valence-corrected chi connectivity index (χ4v) is 3.00. The number of rotatable bonds is 4. The summed E-state index contributed by atoms with van der Waals surface area (Å²) in [6, 6.07) is 7.23. The van der Waals surface area contributed by atoms with Crippen LogP contribution < -0.4 is 5.32 Å². The van der Waals surface area contributed by atoms with Crippen molar-refractivity contribution in [3.8, 4) is 11.3 Å². The number of carbonyl (C=O) groups excluding carboxylic acids is 2. The molecule has 2 aromatic heterocycles. The van der Waals surface area contributed by atoms with E-state index in [4.69, 9.17) is 0 Å². The standard InChI is InChI=1S/C18H17N3O3S/c1-10-4-5-12(6-11(10)2)16(22)21-18-20-15(9-25-18)13-7-14(19-8-13)17(23)24-3/h4-9,19H,1-3H3,(H,20,21,22). The average Bonchev–Trinajstić information content (AvgIpc) is 3.25. The van der Waals surface area contributed by atoms with Crippen molar-refractivity contribution < 1.29 is 14.3 Å². The van der Waals surface area contributed by atoms with E-state index < -0.39 is 5.97 Å². The number of thiazole rings is 1. The lowest BCUT2D eigenvalue weighted by Gasteiger charge is -2.04. The Kier molecular flexibility index (Phi) is 4.67. The number of amides is 1. The van der Waals surface area contributed by atoms with Crippen molar-refractivity contribution in [1.82, 2.24) is 9.97 Å². The van der Waals surface area contributed by atoms with Gasteiger partial charge in [0.2, 0.25) is 0 Å². The third kappa shape index (κ3) is 3.61. The molecule has 0 fully saturated rings. The molecule has 0 atom stereocenters. The minimum Gasteiger partial charge on any atom is -0.464 e. The van der Waals surface area contributed by atoms with Gasteiger partial charge in [0.1, 0.15) is 5.69 Å². The van der Waals surface area contributed by atoms with E-state index in [1.54, 1.807) is 18.3 Å². The largest absolute Gasteiger partial charge is 0.464 e. The van der Waals surface area contributed by atoms with Gasteiger partial charge in [-0.25, -0.2) is 9.78 Å². The highest BCUT2D eigenvalue weighted by Gasteiger charge is 2.13. The van der Waals surface area contributed by atoms with Crippen LogP contribution in [0.5, 0.6) is 0 Å². The maximum absolute atomic E-state index is 12.3. The van der Waals surface area contributed by atoms with Gasteiger partial charge in [0.25, 0.3) is 5.91 Å². The Morgan fingerprint density at radius 3 is 2.72 bits per heavy atom. The Hall–Kier alpha value is -2.93. The van der Waals surface area contributed by atoms with Crippen molar-refractivity contribution in [3.63, 3.8) is 0 Å². The number of nitrogens with zero attached hydrogens (tertiary/aromatic N) is 1. The molecule has 0 aliphatic rings. The maximum Gasteiger partial charge on any atom is 0.354 e. The van der Waals surface area contributed by atoms with Crippen molar-refractivity contribution in [2.45, 2.75) is 13.8 Å². The summed E-state index contributed by atoms with van der Waals surface area (Å²) < 4.78 is 4.67. The zero-order valence-corrected chi connectivity index (χ0v) is 14.9. The molecule has 1 aromatic carbocycles. The highest BCUT2D eigenvalue weighted by Crippen LogP contribution is 2.26. The minimum absolute atomic E-state index is 0.201. The number of H-pyrrole nitrogens is 1. The summed E-state index contributed by atoms with van der Waals surface area (Å²) in [5.41, 5.74) is 4.58. The predicted octanol–water partition coefficient (Wildman–Crippen LogP) is 3.79. The molecule has 6 nitrogen and oxygen atoms in total. The number of anilines is 1. The van der Waals surface area contributed by atoms with E-state index in [9.17, 15) is 9.59 Å². The number of aromatic amines is 1. The summed E-state index contributed by atoms with van der Waals surface area (Å²) in [4.78, 5) is 31.1. The van der Waals surface area contributed by atoms with E-state index in [0.717, 1.165) is 16.7 Å². The SMILES string of the molecule is COC(=O)c1cc(-c2csc(NC(=O)c3ccc(C)c(C)c3)n2)c[nH]1. The van der Waals surface area contributed by atoms with Gasteiger partial charge in [-0.2, -0.15) is 0 Å². The Morgan fingerprint density at radius 1 is 1.20 bits per heavy atom. The number of hydrogen-bond donors (Lipinski definition) is 2. The molecule has 0 aliphatic carbocycles. The third-order valence-electron chi connectivity index (χ3n) is 3.88. The third-order valence-corrected chi connectivity index (χ3v) is 4.64. The molecule has 2 N–H and O–H groups in total. The van der Waals surface area contributed by atoms with Gasteiger partial charge in [0.05, 0.1) is 12.8 Å². The van der Waals surface area contributed by atoms with Crippen LogP contribution in [0.4, 0.5) is 5.13 Å². The van der Waals surface area contributed by atoms with Gasteiger partial charge in [-0.05, 0) is 43.2 Å². The fourth-order valence-electron chi connectivity index (χ4n) is 2.29. The molecule has 2 heterocycles. The number of carbonyl (C=O) groups is 2. The van der Waals surface area contributed by atoms with E-state index in [1.165, 1.54) is 18.4 Å². The van der Waals surface area contributed by atoms with Gasteiger partial charge in [0, 0.05) is 22.7 Å². The molecule has 1 amide bonds. The molecule has 0 aliphatic heterocycles. The van der Waals surface area contributed by atoms with Crippen LogP contribution in [-0.2, 0) is 4.74 Å². The van der Waals surface area contributed by atoms with E-state index >= 15 is 0 Å². The second-order valence-electron chi connectivity index (χ2n) is 5.58. The summed E-state index contributed by atoms with van der Waals surface area (Å²) in [5.74, 6) is -0.641. The zero-order valence-electron chi connectivity index (χ0n) is 14.0. The van der Waals surface area contributed by atoms with Crippen LogP contribution in [0.1, 0.15) is 32.0 Å². The summed E-state index contributed by atoms with van der Waals surface area (Å²) >= 11 is 1.33. The van der Waals surface area contributed by atoms with Gasteiger partial charge < -0.3 is 9.72 Å². The summed E-state index contributed by atoms with van der Waals surface area (Å²) in [5, 5.41) is 5.12. The summed E-state index contributed by atoms with van der Waals surface area (Å²) in [6.07, 6.45) is 1.68. The first-order chi connectivity index (χ1) is 12.0. The Bertz CT molecular complexity index is 943. The van der Waals surface area contributed by atoms with Crippen LogP contribution in [0.15, 0.2) is 35.8 Å². The van der Waals surface area contributed by atoms with Crippen molar-refractivity contribution in [2.75, 3.05) is 12.4 Å². The molecule has 0 bridgehead atoms. The van der Waals surface area contributed by atoms with Crippen molar-refractivity contribution in [1.29, 1.82) is 0 Å². The summed E-state index contributed by atoms with van der Waals surface area (Å²) in [6.45, 7) is 3.97. The van der Waals surface area contributed by atoms with E-state index in [2.05, 4.69) is 20.0 Å². The number of ether oxygens (including phenoxy) is 1. The Labute approximate surface area is 148 Å². The molecular formula is C18H17N3O3S. The van der Waals surface area contributed by atoms with Crippen molar-refractivity contribution in [2.24, 2.45) is 0 Å². The number of aryl methyl sites for hydroxylation is 2. The number of esters is 1. The highest BCUT2D eigenvalue weighted by molar-refractivity contribution is 7.14. The zero-order chi connectivity index (χ0) is 18.0. The first-order valence-corrected chi connectivity index (χ1v) is 8.47. The quantitative estimate of drug-likeness (QED) is 0.697. The lowest BCUT2D eigenvalue weighted by atomic mass is 10.1. The van der Waals surface area contributed by atoms with Crippen LogP contribution in [-0.4, -0.2) is 29.0 Å². The molecule has 0 unspecified atom stereocenters. The smallest absolute Gasteiger partial charge is 0.354 e. The molecule has 0 saturated carbocycles. The van der Waals surface area contributed by atoms with Crippen LogP contribution in [0.2, 0.25) is 0 Å². The number of nitrogens with one attached hydrogen (secondary N) is 2. The fraction of sp³-hybridized carbons (Fsp3) is 0.167. The number of benzene rings is 1. The van der Waals surface area contributed by atoms with E-state index in [1.807, 2.05) is 31.4 Å². The number of aromatic nitrogens is 2. The van der Waals surface area contributed by atoms with E-state index in [0.29, 0.717) is 22.1 Å². The average molecular weight is 355 g/mol. The maximum atomic E-state index is 12.3. The molecule has 7 heteroatoms. The van der Waals surface area contributed by atoms with Gasteiger partial charge in [-0.1, -0.05) is 6.07 Å². The molecule has 128 valence electrons. The molecule has 0 saturated heterocycles.